The van der Waals surface area contributed by atoms with Gasteiger partial charge in [-0.05, 0) is 57.7 Å². The zero-order chi connectivity index (χ0) is 13.4. The van der Waals surface area contributed by atoms with Crippen LogP contribution in [0.2, 0.25) is 0 Å². The van der Waals surface area contributed by atoms with E-state index in [0.29, 0.717) is 5.58 Å². The van der Waals surface area contributed by atoms with Crippen LogP contribution in [0.25, 0.3) is 11.1 Å². The molecule has 0 bridgehead atoms. The highest BCUT2D eigenvalue weighted by molar-refractivity contribution is 9.11. The lowest BCUT2D eigenvalue weighted by Gasteiger charge is -2.15. The van der Waals surface area contributed by atoms with Gasteiger partial charge in [0.2, 0.25) is 0 Å². The molecule has 2 aromatic heterocycles. The highest BCUT2D eigenvalue weighted by atomic mass is 79.9. The molecule has 0 radical (unpaired) electrons. The molecule has 0 fully saturated rings. The van der Waals surface area contributed by atoms with Crippen LogP contribution in [0.5, 0.6) is 0 Å². The Kier molecular flexibility index (Phi) is 3.30. The summed E-state index contributed by atoms with van der Waals surface area (Å²) in [5.74, 6) is -0.425. The first-order valence-corrected chi connectivity index (χ1v) is 7.38. The van der Waals surface area contributed by atoms with Crippen LogP contribution in [-0.2, 0) is 0 Å². The van der Waals surface area contributed by atoms with Crippen LogP contribution in [-0.4, -0.2) is 12.0 Å². The van der Waals surface area contributed by atoms with E-state index in [1.165, 1.54) is 5.56 Å². The molecule has 0 amide bonds. The molecular weight excluding hydrogens is 328 g/mol. The van der Waals surface area contributed by atoms with Gasteiger partial charge >= 0.3 is 5.76 Å². The normalized spacial score (nSPS) is 12.9. The summed E-state index contributed by atoms with van der Waals surface area (Å²) in [6.07, 6.45) is 0. The van der Waals surface area contributed by atoms with E-state index in [4.69, 9.17) is 4.42 Å². The van der Waals surface area contributed by atoms with E-state index in [1.807, 2.05) is 25.2 Å². The maximum atomic E-state index is 11.2. The summed E-state index contributed by atoms with van der Waals surface area (Å²) in [7, 11) is 1.91. The molecule has 1 atom stereocenters. The van der Waals surface area contributed by atoms with Crippen molar-refractivity contribution in [2.75, 3.05) is 7.05 Å². The first kappa shape index (κ1) is 12.7. The number of benzene rings is 1. The Morgan fingerprint density at radius 3 is 2.89 bits per heavy atom. The number of rotatable bonds is 3. The van der Waals surface area contributed by atoms with Crippen LogP contribution in [0.1, 0.15) is 17.2 Å². The van der Waals surface area contributed by atoms with E-state index in [9.17, 15) is 4.79 Å². The van der Waals surface area contributed by atoms with E-state index in [2.05, 4.69) is 37.7 Å². The molecule has 3 aromatic rings. The number of hydrogen-bond acceptors (Lipinski definition) is 4. The van der Waals surface area contributed by atoms with E-state index in [0.717, 1.165) is 14.9 Å². The van der Waals surface area contributed by atoms with E-state index < -0.39 is 5.76 Å². The van der Waals surface area contributed by atoms with Crippen molar-refractivity contribution in [2.45, 2.75) is 6.04 Å². The number of hydrogen-bond donors (Lipinski definition) is 2. The van der Waals surface area contributed by atoms with Gasteiger partial charge in [0.15, 0.2) is 5.58 Å². The molecule has 0 aliphatic carbocycles. The lowest BCUT2D eigenvalue weighted by Crippen LogP contribution is -2.16. The second kappa shape index (κ2) is 4.96. The van der Waals surface area contributed by atoms with Crippen LogP contribution in [0.4, 0.5) is 0 Å². The molecule has 0 aliphatic heterocycles. The zero-order valence-corrected chi connectivity index (χ0v) is 12.5. The summed E-state index contributed by atoms with van der Waals surface area (Å²) in [6, 6.07) is 7.90. The molecular formula is C13H11BrN2O2S. The number of aromatic nitrogens is 1. The number of oxazole rings is 1. The summed E-state index contributed by atoms with van der Waals surface area (Å²) in [6.45, 7) is 0. The van der Waals surface area contributed by atoms with Crippen molar-refractivity contribution in [1.29, 1.82) is 0 Å². The second-order valence-electron chi connectivity index (χ2n) is 4.18. The average Bonchev–Trinajstić information content (AvgIpc) is 2.95. The van der Waals surface area contributed by atoms with Crippen molar-refractivity contribution in [3.05, 3.63) is 55.1 Å². The number of halogens is 1. The molecule has 1 unspecified atom stereocenters. The third kappa shape index (κ3) is 2.39. The number of fused-ring (bicyclic) bond motifs is 1. The van der Waals surface area contributed by atoms with Crippen molar-refractivity contribution in [3.63, 3.8) is 0 Å². The van der Waals surface area contributed by atoms with Crippen molar-refractivity contribution >= 4 is 38.4 Å². The van der Waals surface area contributed by atoms with E-state index >= 15 is 0 Å². The third-order valence-corrected chi connectivity index (χ3v) is 4.51. The fourth-order valence-electron chi connectivity index (χ4n) is 2.14. The zero-order valence-electron chi connectivity index (χ0n) is 10.1. The third-order valence-electron chi connectivity index (χ3n) is 2.99. The highest BCUT2D eigenvalue weighted by Crippen LogP contribution is 2.30. The first-order chi connectivity index (χ1) is 9.17. The highest BCUT2D eigenvalue weighted by Gasteiger charge is 2.15. The monoisotopic (exact) mass is 338 g/mol. The van der Waals surface area contributed by atoms with Gasteiger partial charge in [0.1, 0.15) is 0 Å². The predicted molar refractivity (Wildman–Crippen MR) is 79.8 cm³/mol. The molecule has 98 valence electrons. The van der Waals surface area contributed by atoms with Gasteiger partial charge in [-0.2, -0.15) is 0 Å². The van der Waals surface area contributed by atoms with Crippen LogP contribution in [0.15, 0.2) is 42.6 Å². The molecule has 2 heterocycles. The Morgan fingerprint density at radius 2 is 2.21 bits per heavy atom. The van der Waals surface area contributed by atoms with Gasteiger partial charge in [0, 0.05) is 0 Å². The van der Waals surface area contributed by atoms with Crippen LogP contribution >= 0.6 is 27.3 Å². The van der Waals surface area contributed by atoms with E-state index in [1.54, 1.807) is 11.3 Å². The van der Waals surface area contributed by atoms with Gasteiger partial charge in [0.25, 0.3) is 0 Å². The fraction of sp³-hybridized carbons (Fsp3) is 0.154. The molecule has 1 aromatic carbocycles. The van der Waals surface area contributed by atoms with Crippen molar-refractivity contribution in [3.8, 4) is 0 Å². The van der Waals surface area contributed by atoms with Gasteiger partial charge in [-0.15, -0.1) is 11.3 Å². The van der Waals surface area contributed by atoms with Gasteiger partial charge in [-0.3, -0.25) is 4.98 Å². The van der Waals surface area contributed by atoms with Crippen molar-refractivity contribution < 1.29 is 4.42 Å². The van der Waals surface area contributed by atoms with Gasteiger partial charge in [-0.25, -0.2) is 4.79 Å². The van der Waals surface area contributed by atoms with Crippen LogP contribution in [0.3, 0.4) is 0 Å². The lowest BCUT2D eigenvalue weighted by atomic mass is 10.0. The Labute approximate surface area is 121 Å². The number of H-pyrrole nitrogens is 1. The van der Waals surface area contributed by atoms with Crippen LogP contribution < -0.4 is 11.1 Å². The molecule has 0 saturated carbocycles. The first-order valence-electron chi connectivity index (χ1n) is 5.71. The quantitative estimate of drug-likeness (QED) is 0.770. The largest absolute Gasteiger partial charge is 0.417 e. The van der Waals surface area contributed by atoms with Crippen molar-refractivity contribution in [1.82, 2.24) is 10.3 Å². The topological polar surface area (TPSA) is 58.0 Å². The SMILES string of the molecule is CNC(c1csc(Br)c1)c1ccc2[nH]c(=O)oc2c1. The van der Waals surface area contributed by atoms with Crippen molar-refractivity contribution in [2.24, 2.45) is 0 Å². The minimum absolute atomic E-state index is 0.0761. The summed E-state index contributed by atoms with van der Waals surface area (Å²) >= 11 is 5.12. The number of nitrogens with one attached hydrogen (secondary N) is 2. The molecule has 19 heavy (non-hydrogen) atoms. The molecule has 0 spiro atoms. The molecule has 4 nitrogen and oxygen atoms in total. The summed E-state index contributed by atoms with van der Waals surface area (Å²) in [5.41, 5.74) is 3.53. The lowest BCUT2D eigenvalue weighted by molar-refractivity contribution is 0.554. The molecule has 2 N–H and O–H groups in total. The minimum Gasteiger partial charge on any atom is -0.408 e. The van der Waals surface area contributed by atoms with Crippen LogP contribution in [0, 0.1) is 0 Å². The Balaban J connectivity index is 2.07. The Bertz CT molecular complexity index is 774. The molecule has 0 saturated heterocycles. The van der Waals surface area contributed by atoms with Gasteiger partial charge in [-0.1, -0.05) is 6.07 Å². The van der Waals surface area contributed by atoms with E-state index in [-0.39, 0.29) is 6.04 Å². The maximum Gasteiger partial charge on any atom is 0.417 e. The smallest absolute Gasteiger partial charge is 0.408 e. The molecule has 3 rings (SSSR count). The Hall–Kier alpha value is -1.37. The van der Waals surface area contributed by atoms with Gasteiger partial charge in [0.05, 0.1) is 15.3 Å². The summed E-state index contributed by atoms with van der Waals surface area (Å²) in [4.78, 5) is 13.8. The standard InChI is InChI=1S/C13H11BrN2O2S/c1-15-12(8-5-11(14)19-6-8)7-2-3-9-10(4-7)18-13(17)16-9/h2-6,12,15H,1H3,(H,16,17). The summed E-state index contributed by atoms with van der Waals surface area (Å²) in [5, 5.41) is 5.38. The Morgan fingerprint density at radius 1 is 1.37 bits per heavy atom. The fourth-order valence-corrected chi connectivity index (χ4v) is 3.34. The summed E-state index contributed by atoms with van der Waals surface area (Å²) < 4.78 is 6.19. The van der Waals surface area contributed by atoms with Gasteiger partial charge < -0.3 is 9.73 Å². The maximum absolute atomic E-state index is 11.2. The average molecular weight is 339 g/mol. The molecule has 0 aliphatic rings. The number of thiophene rings is 1. The number of aromatic amines is 1. The molecule has 6 heteroatoms. The second-order valence-corrected chi connectivity index (χ2v) is 6.47. The predicted octanol–water partition coefficient (Wildman–Crippen LogP) is 3.25. The minimum atomic E-state index is -0.425.